The summed E-state index contributed by atoms with van der Waals surface area (Å²) < 4.78 is 0. The highest BCUT2D eigenvalue weighted by Crippen LogP contribution is 2.42. The fourth-order valence-electron chi connectivity index (χ4n) is 1.80. The lowest BCUT2D eigenvalue weighted by Crippen LogP contribution is -2.47. The van der Waals surface area contributed by atoms with Crippen LogP contribution in [0, 0.1) is 0 Å². The number of aliphatic hydroxyl groups excluding tert-OH is 2. The summed E-state index contributed by atoms with van der Waals surface area (Å²) in [6, 6.07) is 0. The van der Waals surface area contributed by atoms with Gasteiger partial charge in [0.2, 0.25) is 11.9 Å². The number of carboxylic acid groups (broad SMARTS) is 1. The molecule has 0 heterocycles. The summed E-state index contributed by atoms with van der Waals surface area (Å²) in [5.74, 6) is -3.33. The maximum absolute atomic E-state index is 11.6. The Labute approximate surface area is 89.4 Å². The number of hydrogen-bond acceptors (Lipinski definition) is 5. The van der Waals surface area contributed by atoms with Gasteiger partial charge in [-0.25, -0.2) is 4.79 Å². The van der Waals surface area contributed by atoms with Gasteiger partial charge in [-0.15, -0.1) is 0 Å². The fraction of sp³-hybridized carbons (Fsp3) is 0.200. The molecule has 0 spiro atoms. The number of ketones is 1. The number of carbonyl (C=O) groups is 2. The van der Waals surface area contributed by atoms with Crippen molar-refractivity contribution >= 4 is 11.8 Å². The first-order valence-corrected chi connectivity index (χ1v) is 4.40. The van der Waals surface area contributed by atoms with Crippen molar-refractivity contribution in [2.75, 3.05) is 0 Å². The Hall–Kier alpha value is -1.92. The fourth-order valence-corrected chi connectivity index (χ4v) is 1.80. The van der Waals surface area contributed by atoms with Gasteiger partial charge < -0.3 is 20.4 Å². The smallest absolute Gasteiger partial charge is 0.340 e. The van der Waals surface area contributed by atoms with Crippen LogP contribution in [0.4, 0.5) is 0 Å². The maximum Gasteiger partial charge on any atom is 0.340 e. The van der Waals surface area contributed by atoms with Gasteiger partial charge in [0.1, 0.15) is 5.76 Å². The van der Waals surface area contributed by atoms with Crippen LogP contribution in [0.3, 0.4) is 0 Å². The van der Waals surface area contributed by atoms with E-state index in [0.717, 1.165) is 6.08 Å². The van der Waals surface area contributed by atoms with Crippen LogP contribution in [0.2, 0.25) is 0 Å². The Morgan fingerprint density at radius 1 is 1.31 bits per heavy atom. The second kappa shape index (κ2) is 3.03. The van der Waals surface area contributed by atoms with Crippen LogP contribution in [-0.4, -0.2) is 43.9 Å². The van der Waals surface area contributed by atoms with Crippen molar-refractivity contribution in [1.29, 1.82) is 0 Å². The highest BCUT2D eigenvalue weighted by molar-refractivity contribution is 6.10. The number of hydrogen-bond donors (Lipinski definition) is 4. The Morgan fingerprint density at radius 2 is 1.94 bits per heavy atom. The number of allylic oxidation sites excluding steroid dienone is 1. The number of carbonyl (C=O) groups excluding carboxylic acids is 1. The second-order valence-corrected chi connectivity index (χ2v) is 3.55. The van der Waals surface area contributed by atoms with E-state index in [1.807, 2.05) is 0 Å². The molecule has 0 saturated carbocycles. The van der Waals surface area contributed by atoms with Crippen molar-refractivity contribution in [1.82, 2.24) is 0 Å². The highest BCUT2D eigenvalue weighted by atomic mass is 16.4. The molecule has 2 rings (SSSR count). The van der Waals surface area contributed by atoms with Crippen molar-refractivity contribution in [3.05, 3.63) is 35.1 Å². The first-order chi connectivity index (χ1) is 7.39. The Morgan fingerprint density at radius 3 is 2.31 bits per heavy atom. The monoisotopic (exact) mass is 224 g/mol. The van der Waals surface area contributed by atoms with E-state index in [2.05, 4.69) is 0 Å². The van der Waals surface area contributed by atoms with Gasteiger partial charge in [0.25, 0.3) is 0 Å². The lowest BCUT2D eigenvalue weighted by molar-refractivity contribution is -0.156. The molecule has 2 unspecified atom stereocenters. The van der Waals surface area contributed by atoms with E-state index < -0.39 is 23.5 Å². The molecule has 0 aromatic heterocycles. The molecular formula is C10H8O6. The van der Waals surface area contributed by atoms with Crippen LogP contribution in [0.15, 0.2) is 35.1 Å². The SMILES string of the molecule is O=C(O)C(O)C(=O)C1(O)C2=CC(O)=C1C=C2. The molecule has 0 fully saturated rings. The van der Waals surface area contributed by atoms with Crippen molar-refractivity contribution in [2.24, 2.45) is 0 Å². The predicted molar refractivity (Wildman–Crippen MR) is 50.5 cm³/mol. The van der Waals surface area contributed by atoms with Crippen molar-refractivity contribution in [3.63, 3.8) is 0 Å². The molecule has 16 heavy (non-hydrogen) atoms. The number of carboxylic acids is 1. The Balaban J connectivity index is 2.42. The van der Waals surface area contributed by atoms with Crippen molar-refractivity contribution < 1.29 is 30.0 Å². The molecule has 0 amide bonds. The summed E-state index contributed by atoms with van der Waals surface area (Å²) in [5.41, 5.74) is -2.28. The van der Waals surface area contributed by atoms with E-state index in [9.17, 15) is 19.8 Å². The molecular weight excluding hydrogens is 216 g/mol. The van der Waals surface area contributed by atoms with Crippen molar-refractivity contribution in [2.45, 2.75) is 11.7 Å². The third-order valence-corrected chi connectivity index (χ3v) is 2.64. The summed E-state index contributed by atoms with van der Waals surface area (Å²) in [6.45, 7) is 0. The lowest BCUT2D eigenvalue weighted by Gasteiger charge is -2.22. The van der Waals surface area contributed by atoms with E-state index >= 15 is 0 Å². The van der Waals surface area contributed by atoms with Gasteiger partial charge in [-0.1, -0.05) is 12.2 Å². The number of rotatable bonds is 3. The summed E-state index contributed by atoms with van der Waals surface area (Å²) >= 11 is 0. The van der Waals surface area contributed by atoms with Crippen LogP contribution in [0.25, 0.3) is 0 Å². The minimum absolute atomic E-state index is 0.0605. The molecule has 0 aliphatic heterocycles. The second-order valence-electron chi connectivity index (χ2n) is 3.55. The molecule has 2 bridgehead atoms. The van der Waals surface area contributed by atoms with Gasteiger partial charge >= 0.3 is 5.97 Å². The molecule has 2 aliphatic rings. The molecule has 6 nitrogen and oxygen atoms in total. The zero-order valence-electron chi connectivity index (χ0n) is 7.91. The number of fused-ring (bicyclic) bond motifs is 2. The number of aliphatic hydroxyl groups is 3. The molecule has 2 atom stereocenters. The van der Waals surface area contributed by atoms with Crippen LogP contribution in [-0.2, 0) is 9.59 Å². The molecule has 2 aliphatic carbocycles. The van der Waals surface area contributed by atoms with Gasteiger partial charge in [-0.3, -0.25) is 4.79 Å². The normalized spacial score (nSPS) is 28.2. The van der Waals surface area contributed by atoms with Crippen LogP contribution in [0.5, 0.6) is 0 Å². The summed E-state index contributed by atoms with van der Waals surface area (Å²) in [4.78, 5) is 22.1. The van der Waals surface area contributed by atoms with Gasteiger partial charge in [0.05, 0.1) is 0 Å². The van der Waals surface area contributed by atoms with E-state index in [1.165, 1.54) is 12.2 Å². The summed E-state index contributed by atoms with van der Waals surface area (Å²) in [6.07, 6.45) is 1.51. The topological polar surface area (TPSA) is 115 Å². The first-order valence-electron chi connectivity index (χ1n) is 4.40. The van der Waals surface area contributed by atoms with Crippen molar-refractivity contribution in [3.8, 4) is 0 Å². The van der Waals surface area contributed by atoms with Crippen LogP contribution < -0.4 is 0 Å². The van der Waals surface area contributed by atoms with E-state index in [-0.39, 0.29) is 16.9 Å². The first kappa shape index (κ1) is 10.6. The number of aliphatic carboxylic acids is 1. The standard InChI is InChI=1S/C10H8O6/c11-6-3-4-1-2-5(6)10(4,16)8(13)7(12)9(14)15/h1-3,7,11-12,16H,(H,14,15). The van der Waals surface area contributed by atoms with E-state index in [4.69, 9.17) is 10.2 Å². The van der Waals surface area contributed by atoms with E-state index in [1.54, 1.807) is 0 Å². The van der Waals surface area contributed by atoms with E-state index in [0.29, 0.717) is 0 Å². The van der Waals surface area contributed by atoms with Gasteiger partial charge in [-0.05, 0) is 11.6 Å². The molecule has 6 heteroatoms. The maximum atomic E-state index is 11.6. The molecule has 4 N–H and O–H groups in total. The molecule has 84 valence electrons. The number of Topliss-reactive ketones (excluding diaryl/α,β-unsaturated/α-hetero) is 1. The van der Waals surface area contributed by atoms with Crippen LogP contribution >= 0.6 is 0 Å². The highest BCUT2D eigenvalue weighted by Gasteiger charge is 2.53. The predicted octanol–water partition coefficient (Wildman–Crippen LogP) is -0.946. The Bertz CT molecular complexity index is 484. The minimum atomic E-state index is -2.32. The quantitative estimate of drug-likeness (QED) is 0.459. The third-order valence-electron chi connectivity index (χ3n) is 2.64. The zero-order valence-corrected chi connectivity index (χ0v) is 7.91. The Kier molecular flexibility index (Phi) is 2.01. The molecule has 0 aromatic rings. The van der Waals surface area contributed by atoms with Gasteiger partial charge in [0.15, 0.2) is 5.60 Å². The van der Waals surface area contributed by atoms with Gasteiger partial charge in [-0.2, -0.15) is 0 Å². The molecule has 0 saturated heterocycles. The molecule has 0 radical (unpaired) electrons. The zero-order chi connectivity index (χ0) is 12.1. The summed E-state index contributed by atoms with van der Waals surface area (Å²) in [7, 11) is 0. The average Bonchev–Trinajstić information content (AvgIpc) is 2.67. The minimum Gasteiger partial charge on any atom is -0.508 e. The average molecular weight is 224 g/mol. The van der Waals surface area contributed by atoms with Gasteiger partial charge in [0, 0.05) is 5.57 Å². The van der Waals surface area contributed by atoms with Crippen LogP contribution in [0.1, 0.15) is 0 Å². The lowest BCUT2D eigenvalue weighted by atomic mass is 9.88. The summed E-state index contributed by atoms with van der Waals surface area (Å²) in [5, 5.41) is 36.9. The molecule has 0 aromatic carbocycles. The largest absolute Gasteiger partial charge is 0.508 e. The third kappa shape index (κ3) is 1.08.